The number of aromatic nitrogens is 2. The van der Waals surface area contributed by atoms with Crippen LogP contribution in [-0.4, -0.2) is 29.7 Å². The van der Waals surface area contributed by atoms with Gasteiger partial charge in [0.25, 0.3) is 0 Å². The summed E-state index contributed by atoms with van der Waals surface area (Å²) < 4.78 is 24.2. The number of anilines is 1. The van der Waals surface area contributed by atoms with E-state index in [1.54, 1.807) is 10.9 Å². The molecule has 5 nitrogen and oxygen atoms in total. The molecule has 0 amide bonds. The summed E-state index contributed by atoms with van der Waals surface area (Å²) in [6, 6.07) is 0.195. The van der Waals surface area contributed by atoms with Gasteiger partial charge in [0.05, 0.1) is 22.7 Å². The maximum absolute atomic E-state index is 11.2. The number of rotatable bonds is 2. The minimum absolute atomic E-state index is 0.195. The van der Waals surface area contributed by atoms with Gasteiger partial charge in [-0.05, 0) is 19.8 Å². The Labute approximate surface area is 89.2 Å². The summed E-state index contributed by atoms with van der Waals surface area (Å²) in [5.74, 6) is 0. The molecule has 1 aromatic rings. The van der Waals surface area contributed by atoms with Crippen molar-refractivity contribution in [1.29, 1.82) is 0 Å². The van der Waals surface area contributed by atoms with E-state index >= 15 is 0 Å². The molecular weight excluding hydrogens is 214 g/mol. The van der Waals surface area contributed by atoms with Gasteiger partial charge in [-0.15, -0.1) is 0 Å². The van der Waals surface area contributed by atoms with Crippen molar-refractivity contribution in [3.63, 3.8) is 0 Å². The minimum Gasteiger partial charge on any atom is -0.396 e. The first-order chi connectivity index (χ1) is 6.88. The molecule has 84 valence electrons. The lowest BCUT2D eigenvalue weighted by molar-refractivity contribution is 0.290. The van der Waals surface area contributed by atoms with E-state index in [2.05, 4.69) is 5.10 Å². The van der Waals surface area contributed by atoms with Crippen LogP contribution in [0.15, 0.2) is 6.20 Å². The molecule has 1 aromatic heterocycles. The van der Waals surface area contributed by atoms with Crippen molar-refractivity contribution in [1.82, 2.24) is 9.78 Å². The highest BCUT2D eigenvalue weighted by Crippen LogP contribution is 2.36. The first-order valence-corrected chi connectivity index (χ1v) is 6.83. The third-order valence-electron chi connectivity index (χ3n) is 3.00. The van der Waals surface area contributed by atoms with E-state index in [4.69, 9.17) is 5.73 Å². The van der Waals surface area contributed by atoms with E-state index < -0.39 is 9.84 Å². The number of sulfone groups is 1. The fourth-order valence-electron chi connectivity index (χ4n) is 1.79. The van der Waals surface area contributed by atoms with Gasteiger partial charge < -0.3 is 5.73 Å². The quantitative estimate of drug-likeness (QED) is 0.802. The van der Waals surface area contributed by atoms with Gasteiger partial charge in [-0.25, -0.2) is 8.42 Å². The average Bonchev–Trinajstić information content (AvgIpc) is 2.25. The van der Waals surface area contributed by atoms with Crippen molar-refractivity contribution >= 4 is 15.5 Å². The molecular formula is C9H15N3O2S. The normalized spacial score (nSPS) is 26.3. The third kappa shape index (κ3) is 1.86. The fourth-order valence-corrected chi connectivity index (χ4v) is 2.93. The monoisotopic (exact) mass is 229 g/mol. The number of nitrogens with zero attached hydrogens (tertiary/aromatic N) is 2. The fraction of sp³-hybridized carbons (Fsp3) is 0.667. The van der Waals surface area contributed by atoms with Crippen LogP contribution < -0.4 is 5.73 Å². The van der Waals surface area contributed by atoms with Gasteiger partial charge in [0.1, 0.15) is 9.84 Å². The molecule has 1 heterocycles. The molecule has 0 saturated heterocycles. The third-order valence-corrected chi connectivity index (χ3v) is 4.60. The molecule has 1 saturated carbocycles. The molecule has 0 aliphatic heterocycles. The van der Waals surface area contributed by atoms with Gasteiger partial charge in [0.2, 0.25) is 0 Å². The Balaban J connectivity index is 2.06. The van der Waals surface area contributed by atoms with E-state index in [0.29, 0.717) is 18.5 Å². The maximum Gasteiger partial charge on any atom is 0.150 e. The van der Waals surface area contributed by atoms with Crippen molar-refractivity contribution in [2.75, 3.05) is 12.0 Å². The molecule has 0 atom stereocenters. The molecule has 0 aromatic carbocycles. The smallest absolute Gasteiger partial charge is 0.150 e. The van der Waals surface area contributed by atoms with E-state index in [1.807, 2.05) is 6.92 Å². The highest BCUT2D eigenvalue weighted by molar-refractivity contribution is 7.91. The van der Waals surface area contributed by atoms with Gasteiger partial charge in [0.15, 0.2) is 0 Å². The van der Waals surface area contributed by atoms with Crippen molar-refractivity contribution in [2.45, 2.75) is 31.1 Å². The van der Waals surface area contributed by atoms with Crippen molar-refractivity contribution in [2.24, 2.45) is 0 Å². The number of hydrogen-bond donors (Lipinski definition) is 1. The zero-order valence-corrected chi connectivity index (χ0v) is 9.66. The molecule has 6 heteroatoms. The number of hydrogen-bond acceptors (Lipinski definition) is 4. The topological polar surface area (TPSA) is 78.0 Å². The molecule has 0 radical (unpaired) electrons. The van der Waals surface area contributed by atoms with Gasteiger partial charge in [-0.3, -0.25) is 4.68 Å². The summed E-state index contributed by atoms with van der Waals surface area (Å²) in [7, 11) is -2.88. The lowest BCUT2D eigenvalue weighted by Gasteiger charge is -2.33. The Kier molecular flexibility index (Phi) is 2.26. The Morgan fingerprint density at radius 3 is 2.53 bits per heavy atom. The van der Waals surface area contributed by atoms with Gasteiger partial charge in [-0.1, -0.05) is 0 Å². The van der Waals surface area contributed by atoms with Crippen molar-refractivity contribution in [3.05, 3.63) is 11.9 Å². The summed E-state index contributed by atoms with van der Waals surface area (Å²) in [6.45, 7) is 1.85. The van der Waals surface area contributed by atoms with Crippen LogP contribution in [0.4, 0.5) is 5.69 Å². The summed E-state index contributed by atoms with van der Waals surface area (Å²) >= 11 is 0. The van der Waals surface area contributed by atoms with Gasteiger partial charge in [-0.2, -0.15) is 5.10 Å². The molecule has 1 fully saturated rings. The highest BCUT2D eigenvalue weighted by Gasteiger charge is 2.37. The maximum atomic E-state index is 11.2. The zero-order valence-electron chi connectivity index (χ0n) is 8.84. The Morgan fingerprint density at radius 1 is 1.53 bits per heavy atom. The predicted molar refractivity (Wildman–Crippen MR) is 58.3 cm³/mol. The van der Waals surface area contributed by atoms with Crippen LogP contribution in [0.5, 0.6) is 0 Å². The Bertz CT molecular complexity index is 452. The van der Waals surface area contributed by atoms with E-state index in [1.165, 1.54) is 6.26 Å². The molecule has 15 heavy (non-hydrogen) atoms. The summed E-state index contributed by atoms with van der Waals surface area (Å²) in [5.41, 5.74) is 7.14. The van der Waals surface area contributed by atoms with Crippen molar-refractivity contribution < 1.29 is 8.42 Å². The van der Waals surface area contributed by atoms with Crippen LogP contribution in [0.2, 0.25) is 0 Å². The molecule has 0 unspecified atom stereocenters. The van der Waals surface area contributed by atoms with E-state index in [9.17, 15) is 8.42 Å². The Morgan fingerprint density at radius 2 is 2.13 bits per heavy atom. The van der Waals surface area contributed by atoms with Crippen LogP contribution >= 0.6 is 0 Å². The number of nitrogens with two attached hydrogens (primary N) is 1. The molecule has 0 spiro atoms. The summed E-state index contributed by atoms with van der Waals surface area (Å²) in [6.07, 6.45) is 4.37. The van der Waals surface area contributed by atoms with Crippen LogP contribution in [0, 0.1) is 6.92 Å². The molecule has 2 rings (SSSR count). The highest BCUT2D eigenvalue weighted by atomic mass is 32.2. The molecule has 0 bridgehead atoms. The zero-order chi connectivity index (χ0) is 11.2. The van der Waals surface area contributed by atoms with Crippen LogP contribution in [0.25, 0.3) is 0 Å². The predicted octanol–water partition coefficient (Wildman–Crippen LogP) is 0.522. The van der Waals surface area contributed by atoms with E-state index in [-0.39, 0.29) is 11.3 Å². The molecule has 2 N–H and O–H groups in total. The van der Waals surface area contributed by atoms with Gasteiger partial charge >= 0.3 is 0 Å². The summed E-state index contributed by atoms with van der Waals surface area (Å²) in [5, 5.41) is 4.04. The summed E-state index contributed by atoms with van der Waals surface area (Å²) in [4.78, 5) is 0. The molecule has 1 aliphatic rings. The second kappa shape index (κ2) is 3.23. The second-order valence-corrected chi connectivity index (χ2v) is 6.55. The SMILES string of the molecule is Cc1nn(C2CC(S(C)(=O)=O)C2)cc1N. The minimum atomic E-state index is -2.88. The van der Waals surface area contributed by atoms with Crippen LogP contribution in [-0.2, 0) is 9.84 Å². The largest absolute Gasteiger partial charge is 0.396 e. The van der Waals surface area contributed by atoms with Crippen molar-refractivity contribution in [3.8, 4) is 0 Å². The van der Waals surface area contributed by atoms with Crippen LogP contribution in [0.1, 0.15) is 24.6 Å². The second-order valence-electron chi connectivity index (χ2n) is 4.23. The lowest BCUT2D eigenvalue weighted by Crippen LogP contribution is -2.37. The first-order valence-electron chi connectivity index (χ1n) is 4.88. The molecule has 1 aliphatic carbocycles. The lowest BCUT2D eigenvalue weighted by atomic mass is 9.92. The van der Waals surface area contributed by atoms with E-state index in [0.717, 1.165) is 5.69 Å². The average molecular weight is 229 g/mol. The standard InChI is InChI=1S/C9H15N3O2S/c1-6-9(10)5-12(11-6)7-3-8(4-7)15(2,13)14/h5,7-8H,3-4,10H2,1-2H3. The van der Waals surface area contributed by atoms with Gasteiger partial charge in [0, 0.05) is 12.5 Å². The number of aryl methyl sites for hydroxylation is 1. The number of nitrogen functional groups attached to an aromatic ring is 1. The van der Waals surface area contributed by atoms with Crippen LogP contribution in [0.3, 0.4) is 0 Å². The first kappa shape index (κ1) is 10.5. The Hall–Kier alpha value is -1.04.